The minimum atomic E-state index is -1.08. The van der Waals surface area contributed by atoms with Crippen molar-refractivity contribution in [2.45, 2.75) is 25.3 Å². The number of allylic oxidation sites excluding steroid dienone is 1. The summed E-state index contributed by atoms with van der Waals surface area (Å²) in [5, 5.41) is 21.5. The second kappa shape index (κ2) is 4.50. The molecule has 14 heavy (non-hydrogen) atoms. The Morgan fingerprint density at radius 3 is 2.50 bits per heavy atom. The molecule has 78 valence electrons. The highest BCUT2D eigenvalue weighted by Gasteiger charge is 2.16. The lowest BCUT2D eigenvalue weighted by atomic mass is 9.99. The molecule has 0 radical (unpaired) electrons. The van der Waals surface area contributed by atoms with Crippen molar-refractivity contribution in [1.29, 1.82) is 0 Å². The van der Waals surface area contributed by atoms with Crippen LogP contribution in [0, 0.1) is 0 Å². The average molecular weight is 200 g/mol. The Kier molecular flexibility index (Phi) is 3.33. The molecule has 0 aromatic heterocycles. The van der Waals surface area contributed by atoms with Crippen LogP contribution in [0.15, 0.2) is 11.8 Å². The van der Waals surface area contributed by atoms with Gasteiger partial charge in [0.1, 0.15) is 0 Å². The van der Waals surface area contributed by atoms with E-state index in [0.29, 0.717) is 25.0 Å². The summed E-state index contributed by atoms with van der Waals surface area (Å²) in [6.07, 6.45) is 1.29. The second-order valence-electron chi connectivity index (χ2n) is 3.08. The lowest BCUT2D eigenvalue weighted by Crippen LogP contribution is -2.36. The number of amides is 2. The van der Waals surface area contributed by atoms with Crippen LogP contribution in [-0.4, -0.2) is 28.4 Å². The Bertz CT molecular complexity index is 275. The van der Waals surface area contributed by atoms with E-state index in [1.165, 1.54) is 0 Å². The van der Waals surface area contributed by atoms with Gasteiger partial charge in [0.2, 0.25) is 0 Å². The molecular weight excluding hydrogens is 188 g/mol. The molecule has 0 aliphatic heterocycles. The molecule has 6 nitrogen and oxygen atoms in total. The zero-order valence-electron chi connectivity index (χ0n) is 7.49. The van der Waals surface area contributed by atoms with E-state index in [1.54, 1.807) is 6.08 Å². The predicted molar refractivity (Wildman–Crippen MR) is 48.0 cm³/mol. The van der Waals surface area contributed by atoms with Gasteiger partial charge in [-0.25, -0.2) is 9.59 Å². The second-order valence-corrected chi connectivity index (χ2v) is 3.08. The first-order valence-electron chi connectivity index (χ1n) is 4.26. The summed E-state index contributed by atoms with van der Waals surface area (Å²) in [6, 6.07) is -0.105. The Balaban J connectivity index is 2.39. The van der Waals surface area contributed by atoms with Crippen LogP contribution in [0.1, 0.15) is 19.3 Å². The lowest BCUT2D eigenvalue weighted by molar-refractivity contribution is 0.187. The Morgan fingerprint density at radius 1 is 1.36 bits per heavy atom. The Hall–Kier alpha value is -1.72. The van der Waals surface area contributed by atoms with E-state index in [1.807, 2.05) is 0 Å². The van der Waals surface area contributed by atoms with Gasteiger partial charge in [-0.2, -0.15) is 0 Å². The van der Waals surface area contributed by atoms with Crippen LogP contribution in [-0.2, 0) is 0 Å². The third-order valence-electron chi connectivity index (χ3n) is 2.01. The number of carboxylic acid groups (broad SMARTS) is 2. The quantitative estimate of drug-likeness (QED) is 0.533. The van der Waals surface area contributed by atoms with Gasteiger partial charge in [-0.15, -0.1) is 0 Å². The van der Waals surface area contributed by atoms with Crippen LogP contribution >= 0.6 is 0 Å². The summed E-state index contributed by atoms with van der Waals surface area (Å²) >= 11 is 0. The molecule has 0 heterocycles. The van der Waals surface area contributed by atoms with Crippen molar-refractivity contribution in [3.05, 3.63) is 11.8 Å². The molecule has 1 rings (SSSR count). The first kappa shape index (κ1) is 10.4. The third-order valence-corrected chi connectivity index (χ3v) is 2.01. The molecule has 4 N–H and O–H groups in total. The average Bonchev–Trinajstić information content (AvgIpc) is 2.06. The summed E-state index contributed by atoms with van der Waals surface area (Å²) in [5.74, 6) is 0. The standard InChI is InChI=1S/C8H12N2O4/c11-7(12)9-5-1-2-6(4-3-5)10-8(13)14/h1,6,9-10H,2-4H2,(H,11,12)(H,13,14). The van der Waals surface area contributed by atoms with E-state index in [4.69, 9.17) is 10.2 Å². The largest absolute Gasteiger partial charge is 0.465 e. The zero-order valence-corrected chi connectivity index (χ0v) is 7.49. The van der Waals surface area contributed by atoms with Crippen LogP contribution in [0.3, 0.4) is 0 Å². The molecule has 0 aromatic carbocycles. The molecule has 0 bridgehead atoms. The van der Waals surface area contributed by atoms with Gasteiger partial charge < -0.3 is 15.5 Å². The van der Waals surface area contributed by atoms with Gasteiger partial charge in [0.25, 0.3) is 0 Å². The van der Waals surface area contributed by atoms with Crippen molar-refractivity contribution in [3.8, 4) is 0 Å². The smallest absolute Gasteiger partial charge is 0.408 e. The van der Waals surface area contributed by atoms with E-state index in [-0.39, 0.29) is 6.04 Å². The van der Waals surface area contributed by atoms with Crippen molar-refractivity contribution in [1.82, 2.24) is 10.6 Å². The summed E-state index contributed by atoms with van der Waals surface area (Å²) in [7, 11) is 0. The fraction of sp³-hybridized carbons (Fsp3) is 0.500. The first-order valence-corrected chi connectivity index (χ1v) is 4.26. The maximum atomic E-state index is 10.3. The molecule has 1 atom stereocenters. The van der Waals surface area contributed by atoms with Crippen molar-refractivity contribution in [2.75, 3.05) is 0 Å². The van der Waals surface area contributed by atoms with Crippen molar-refractivity contribution in [3.63, 3.8) is 0 Å². The van der Waals surface area contributed by atoms with E-state index in [0.717, 1.165) is 0 Å². The van der Waals surface area contributed by atoms with Crippen LogP contribution in [0.2, 0.25) is 0 Å². The highest BCUT2D eigenvalue weighted by Crippen LogP contribution is 2.15. The molecule has 1 unspecified atom stereocenters. The van der Waals surface area contributed by atoms with Gasteiger partial charge in [-0.1, -0.05) is 6.08 Å². The van der Waals surface area contributed by atoms with Crippen molar-refractivity contribution >= 4 is 12.2 Å². The van der Waals surface area contributed by atoms with E-state index in [9.17, 15) is 9.59 Å². The number of hydrogen-bond acceptors (Lipinski definition) is 2. The summed E-state index contributed by atoms with van der Waals surface area (Å²) in [5.41, 5.74) is 0.640. The maximum absolute atomic E-state index is 10.3. The minimum Gasteiger partial charge on any atom is -0.465 e. The monoisotopic (exact) mass is 200 g/mol. The Morgan fingerprint density at radius 2 is 2.07 bits per heavy atom. The predicted octanol–water partition coefficient (Wildman–Crippen LogP) is 0.958. The van der Waals surface area contributed by atoms with Crippen LogP contribution < -0.4 is 10.6 Å². The molecular formula is C8H12N2O4. The molecule has 1 aliphatic carbocycles. The molecule has 0 aromatic rings. The molecule has 6 heteroatoms. The topological polar surface area (TPSA) is 98.7 Å². The van der Waals surface area contributed by atoms with E-state index < -0.39 is 12.2 Å². The van der Waals surface area contributed by atoms with Crippen molar-refractivity contribution in [2.24, 2.45) is 0 Å². The van der Waals surface area contributed by atoms with Gasteiger partial charge >= 0.3 is 12.2 Å². The molecule has 0 saturated heterocycles. The highest BCUT2D eigenvalue weighted by molar-refractivity contribution is 5.67. The van der Waals surface area contributed by atoms with Gasteiger partial charge in [-0.05, 0) is 19.3 Å². The normalized spacial score (nSPS) is 20.9. The number of nitrogens with one attached hydrogen (secondary N) is 2. The number of carbonyl (C=O) groups is 2. The van der Waals surface area contributed by atoms with Gasteiger partial charge in [-0.3, -0.25) is 5.32 Å². The highest BCUT2D eigenvalue weighted by atomic mass is 16.4. The lowest BCUT2D eigenvalue weighted by Gasteiger charge is -2.21. The van der Waals surface area contributed by atoms with E-state index in [2.05, 4.69) is 10.6 Å². The zero-order chi connectivity index (χ0) is 10.6. The summed E-state index contributed by atoms with van der Waals surface area (Å²) < 4.78 is 0. The SMILES string of the molecule is O=C(O)NC1=CCC(NC(=O)O)CC1. The molecule has 1 aliphatic rings. The first-order chi connectivity index (χ1) is 6.58. The van der Waals surface area contributed by atoms with Gasteiger partial charge in [0.05, 0.1) is 0 Å². The fourth-order valence-electron chi connectivity index (χ4n) is 1.39. The van der Waals surface area contributed by atoms with Crippen molar-refractivity contribution < 1.29 is 19.8 Å². The van der Waals surface area contributed by atoms with Crippen LogP contribution in [0.25, 0.3) is 0 Å². The third kappa shape index (κ3) is 3.34. The number of rotatable bonds is 2. The maximum Gasteiger partial charge on any atom is 0.408 e. The Labute approximate surface area is 80.6 Å². The fourth-order valence-corrected chi connectivity index (χ4v) is 1.39. The minimum absolute atomic E-state index is 0.105. The molecule has 0 fully saturated rings. The molecule has 0 saturated carbocycles. The number of hydrogen-bond donors (Lipinski definition) is 4. The van der Waals surface area contributed by atoms with Gasteiger partial charge in [0, 0.05) is 11.7 Å². The molecule has 0 spiro atoms. The summed E-state index contributed by atoms with van der Waals surface area (Å²) in [4.78, 5) is 20.6. The van der Waals surface area contributed by atoms with Crippen LogP contribution in [0.4, 0.5) is 9.59 Å². The molecule has 2 amide bonds. The summed E-state index contributed by atoms with van der Waals surface area (Å²) in [6.45, 7) is 0. The van der Waals surface area contributed by atoms with Gasteiger partial charge in [0.15, 0.2) is 0 Å². The van der Waals surface area contributed by atoms with Crippen LogP contribution in [0.5, 0.6) is 0 Å². The van der Waals surface area contributed by atoms with E-state index >= 15 is 0 Å².